The second-order valence-corrected chi connectivity index (χ2v) is 8.08. The molecule has 10 heteroatoms. The molecule has 8 nitrogen and oxygen atoms in total. The summed E-state index contributed by atoms with van der Waals surface area (Å²) in [7, 11) is 0. The Bertz CT molecular complexity index is 782. The van der Waals surface area contributed by atoms with Crippen LogP contribution >= 0.6 is 11.6 Å². The fraction of sp³-hybridized carbons (Fsp3) is 0.526. The van der Waals surface area contributed by atoms with Gasteiger partial charge in [-0.25, -0.2) is 9.18 Å². The fourth-order valence-electron chi connectivity index (χ4n) is 2.84. The number of hydrogen-bond donors (Lipinski definition) is 1. The SMILES string of the molecule is CC(C)(C)OC(=O)N1C[C@@H](NC(=O)COc2ccc(Cl)c(F)c2)CC[C@@H]1C(=O)[O-]. The van der Waals surface area contributed by atoms with E-state index in [0.717, 1.165) is 11.0 Å². The van der Waals surface area contributed by atoms with Gasteiger partial charge in [0.05, 0.1) is 17.0 Å². The molecule has 1 N–H and O–H groups in total. The Morgan fingerprint density at radius 3 is 2.59 bits per heavy atom. The van der Waals surface area contributed by atoms with Crippen LogP contribution in [0.1, 0.15) is 33.6 Å². The second-order valence-electron chi connectivity index (χ2n) is 7.67. The van der Waals surface area contributed by atoms with Crippen LogP contribution in [-0.4, -0.2) is 53.7 Å². The summed E-state index contributed by atoms with van der Waals surface area (Å²) in [5, 5.41) is 14.0. The Morgan fingerprint density at radius 1 is 1.31 bits per heavy atom. The number of rotatable bonds is 5. The average Bonchev–Trinajstić information content (AvgIpc) is 2.61. The lowest BCUT2D eigenvalue weighted by molar-refractivity contribution is -0.312. The molecule has 0 radical (unpaired) electrons. The number of nitrogens with zero attached hydrogens (tertiary/aromatic N) is 1. The predicted molar refractivity (Wildman–Crippen MR) is 99.8 cm³/mol. The van der Waals surface area contributed by atoms with E-state index in [9.17, 15) is 23.9 Å². The van der Waals surface area contributed by atoms with E-state index in [2.05, 4.69) is 5.32 Å². The molecule has 0 aliphatic carbocycles. The number of likely N-dealkylation sites (tertiary alicyclic amines) is 1. The Hall–Kier alpha value is -2.55. The van der Waals surface area contributed by atoms with Gasteiger partial charge in [0.25, 0.3) is 5.91 Å². The number of carboxylic acid groups (broad SMARTS) is 1. The van der Waals surface area contributed by atoms with Crippen LogP contribution in [0.4, 0.5) is 9.18 Å². The zero-order valence-electron chi connectivity index (χ0n) is 16.4. The third-order valence-corrected chi connectivity index (χ3v) is 4.41. The Kier molecular flexibility index (Phi) is 7.29. The van der Waals surface area contributed by atoms with E-state index in [1.165, 1.54) is 12.1 Å². The minimum atomic E-state index is -1.38. The van der Waals surface area contributed by atoms with Crippen LogP contribution < -0.4 is 15.2 Å². The fourth-order valence-corrected chi connectivity index (χ4v) is 2.96. The molecule has 1 heterocycles. The highest BCUT2D eigenvalue weighted by atomic mass is 35.5. The maximum absolute atomic E-state index is 13.4. The number of carboxylic acids is 1. The number of carbonyl (C=O) groups excluding carboxylic acids is 3. The molecule has 160 valence electrons. The van der Waals surface area contributed by atoms with Crippen molar-refractivity contribution in [2.24, 2.45) is 0 Å². The normalized spacial score (nSPS) is 19.4. The third-order valence-electron chi connectivity index (χ3n) is 4.11. The molecule has 0 aromatic heterocycles. The van der Waals surface area contributed by atoms with Crippen LogP contribution in [0.3, 0.4) is 0 Å². The van der Waals surface area contributed by atoms with Gasteiger partial charge in [0.1, 0.15) is 17.2 Å². The summed E-state index contributed by atoms with van der Waals surface area (Å²) in [5.74, 6) is -2.41. The molecule has 0 unspecified atom stereocenters. The highest BCUT2D eigenvalue weighted by Gasteiger charge is 2.35. The van der Waals surface area contributed by atoms with Gasteiger partial charge in [-0.15, -0.1) is 0 Å². The molecule has 2 rings (SSSR count). The van der Waals surface area contributed by atoms with Gasteiger partial charge in [-0.2, -0.15) is 0 Å². The van der Waals surface area contributed by atoms with Crippen molar-refractivity contribution in [1.82, 2.24) is 10.2 Å². The van der Waals surface area contributed by atoms with E-state index < -0.39 is 41.5 Å². The van der Waals surface area contributed by atoms with E-state index in [1.807, 2.05) is 0 Å². The van der Waals surface area contributed by atoms with Crippen molar-refractivity contribution in [3.8, 4) is 5.75 Å². The van der Waals surface area contributed by atoms with Crippen molar-refractivity contribution in [2.45, 2.75) is 51.3 Å². The first kappa shape index (κ1) is 22.7. The average molecular weight is 430 g/mol. The van der Waals surface area contributed by atoms with E-state index in [0.29, 0.717) is 6.42 Å². The van der Waals surface area contributed by atoms with Gasteiger partial charge in [-0.3, -0.25) is 9.69 Å². The summed E-state index contributed by atoms with van der Waals surface area (Å²) >= 11 is 5.59. The van der Waals surface area contributed by atoms with Gasteiger partial charge in [0.2, 0.25) is 0 Å². The molecule has 1 aliphatic rings. The number of piperidine rings is 1. The molecule has 0 spiro atoms. The molecule has 0 saturated carbocycles. The minimum Gasteiger partial charge on any atom is -0.548 e. The standard InChI is InChI=1S/C19H24ClFN2O6/c1-19(2,3)29-18(27)23-9-11(4-7-15(23)17(25)26)22-16(24)10-28-12-5-6-13(20)14(21)8-12/h5-6,8,11,15H,4,7,9-10H2,1-3H3,(H,22,24)(H,25,26)/p-1/t11-,15+/m0/s1. The number of aliphatic carboxylic acids is 1. The van der Waals surface area contributed by atoms with Crippen LogP contribution in [0.15, 0.2) is 18.2 Å². The van der Waals surface area contributed by atoms with Gasteiger partial charge < -0.3 is 24.7 Å². The molecule has 1 aromatic rings. The van der Waals surface area contributed by atoms with Crippen molar-refractivity contribution in [3.63, 3.8) is 0 Å². The lowest BCUT2D eigenvalue weighted by Crippen LogP contribution is -2.59. The minimum absolute atomic E-state index is 0.0468. The largest absolute Gasteiger partial charge is 0.548 e. The predicted octanol–water partition coefficient (Wildman–Crippen LogP) is 1.49. The van der Waals surface area contributed by atoms with E-state index in [-0.39, 0.29) is 30.3 Å². The Balaban J connectivity index is 1.94. The molecule has 1 fully saturated rings. The monoisotopic (exact) mass is 429 g/mol. The van der Waals surface area contributed by atoms with E-state index in [1.54, 1.807) is 20.8 Å². The Morgan fingerprint density at radius 2 is 2.00 bits per heavy atom. The van der Waals surface area contributed by atoms with Crippen molar-refractivity contribution in [2.75, 3.05) is 13.2 Å². The lowest BCUT2D eigenvalue weighted by atomic mass is 9.98. The maximum Gasteiger partial charge on any atom is 0.410 e. The van der Waals surface area contributed by atoms with Crippen LogP contribution in [0, 0.1) is 5.82 Å². The van der Waals surface area contributed by atoms with Gasteiger partial charge >= 0.3 is 6.09 Å². The molecule has 2 amide bonds. The zero-order chi connectivity index (χ0) is 21.8. The number of amides is 2. The molecule has 1 aliphatic heterocycles. The summed E-state index contributed by atoms with van der Waals surface area (Å²) in [5.41, 5.74) is -0.800. The highest BCUT2D eigenvalue weighted by molar-refractivity contribution is 6.30. The summed E-state index contributed by atoms with van der Waals surface area (Å²) in [6, 6.07) is 2.17. The van der Waals surface area contributed by atoms with Crippen LogP contribution in [0.25, 0.3) is 0 Å². The third kappa shape index (κ3) is 6.77. The molecule has 1 saturated heterocycles. The van der Waals surface area contributed by atoms with Crippen molar-refractivity contribution in [1.29, 1.82) is 0 Å². The second kappa shape index (κ2) is 9.30. The molecule has 1 aromatic carbocycles. The number of carbonyl (C=O) groups is 3. The first-order valence-electron chi connectivity index (χ1n) is 9.04. The molecular weight excluding hydrogens is 407 g/mol. The van der Waals surface area contributed by atoms with Crippen molar-refractivity contribution >= 4 is 29.6 Å². The van der Waals surface area contributed by atoms with Crippen LogP contribution in [0.5, 0.6) is 5.75 Å². The van der Waals surface area contributed by atoms with E-state index >= 15 is 0 Å². The van der Waals surface area contributed by atoms with Crippen molar-refractivity contribution in [3.05, 3.63) is 29.0 Å². The molecule has 29 heavy (non-hydrogen) atoms. The van der Waals surface area contributed by atoms with Crippen molar-refractivity contribution < 1.29 is 33.4 Å². The van der Waals surface area contributed by atoms with E-state index in [4.69, 9.17) is 21.1 Å². The summed E-state index contributed by atoms with van der Waals surface area (Å²) in [4.78, 5) is 36.9. The summed E-state index contributed by atoms with van der Waals surface area (Å²) in [6.45, 7) is 4.57. The molecule has 0 bridgehead atoms. The zero-order valence-corrected chi connectivity index (χ0v) is 17.1. The van der Waals surface area contributed by atoms with Gasteiger partial charge in [-0.1, -0.05) is 11.6 Å². The number of benzene rings is 1. The van der Waals surface area contributed by atoms with Gasteiger partial charge in [-0.05, 0) is 45.7 Å². The summed E-state index contributed by atoms with van der Waals surface area (Å²) < 4.78 is 23.9. The van der Waals surface area contributed by atoms with Gasteiger partial charge in [0.15, 0.2) is 6.61 Å². The molecule has 2 atom stereocenters. The summed E-state index contributed by atoms with van der Waals surface area (Å²) in [6.07, 6.45) is -0.354. The highest BCUT2D eigenvalue weighted by Crippen LogP contribution is 2.22. The lowest BCUT2D eigenvalue weighted by Gasteiger charge is -2.40. The Labute approximate surface area is 172 Å². The first-order valence-corrected chi connectivity index (χ1v) is 9.42. The van der Waals surface area contributed by atoms with Gasteiger partial charge in [0, 0.05) is 18.7 Å². The number of halogens is 2. The topological polar surface area (TPSA) is 108 Å². The molecular formula is C19H23ClFN2O6-. The quantitative estimate of drug-likeness (QED) is 0.759. The smallest absolute Gasteiger partial charge is 0.410 e. The van der Waals surface area contributed by atoms with Crippen LogP contribution in [-0.2, 0) is 14.3 Å². The number of hydrogen-bond acceptors (Lipinski definition) is 6. The number of ether oxygens (including phenoxy) is 2. The maximum atomic E-state index is 13.4. The van der Waals surface area contributed by atoms with Crippen LogP contribution in [0.2, 0.25) is 5.02 Å². The number of nitrogens with one attached hydrogen (secondary N) is 1. The first-order chi connectivity index (χ1) is 13.5.